The van der Waals surface area contributed by atoms with Gasteiger partial charge in [0.1, 0.15) is 0 Å². The minimum Gasteiger partial charge on any atom is -0.398 e. The van der Waals surface area contributed by atoms with Gasteiger partial charge in [0.15, 0.2) is 0 Å². The highest BCUT2D eigenvalue weighted by Gasteiger charge is 2.09. The Kier molecular flexibility index (Phi) is 6.68. The molecular formula is C14H24BrN3. The van der Waals surface area contributed by atoms with E-state index in [0.717, 1.165) is 36.3 Å². The Balaban J connectivity index is 2.67. The number of nitrogens with zero attached hydrogens (tertiary/aromatic N) is 2. The monoisotopic (exact) mass is 313 g/mol. The van der Waals surface area contributed by atoms with Crippen LogP contribution in [0, 0.1) is 0 Å². The lowest BCUT2D eigenvalue weighted by atomic mass is 10.2. The normalized spacial score (nSPS) is 11.4. The zero-order chi connectivity index (χ0) is 13.5. The predicted octanol–water partition coefficient (Wildman–Crippen LogP) is 2.80. The van der Waals surface area contributed by atoms with Crippen molar-refractivity contribution < 1.29 is 0 Å². The van der Waals surface area contributed by atoms with E-state index in [9.17, 15) is 0 Å². The maximum Gasteiger partial charge on any atom is 0.0461 e. The second kappa shape index (κ2) is 7.77. The largest absolute Gasteiger partial charge is 0.398 e. The topological polar surface area (TPSA) is 32.5 Å². The molecule has 4 heteroatoms. The first-order valence-electron chi connectivity index (χ1n) is 6.44. The molecule has 102 valence electrons. The minimum atomic E-state index is 0.816. The fourth-order valence-corrected chi connectivity index (χ4v) is 2.28. The number of hydrogen-bond acceptors (Lipinski definition) is 3. The van der Waals surface area contributed by atoms with Crippen molar-refractivity contribution in [3.63, 3.8) is 0 Å². The molecule has 0 saturated carbocycles. The molecule has 0 fully saturated rings. The molecule has 0 aromatic heterocycles. The van der Waals surface area contributed by atoms with E-state index in [2.05, 4.69) is 52.8 Å². The molecule has 1 rings (SSSR count). The third-order valence-electron chi connectivity index (χ3n) is 2.91. The minimum absolute atomic E-state index is 0.816. The molecule has 18 heavy (non-hydrogen) atoms. The number of anilines is 1. The molecule has 3 nitrogen and oxygen atoms in total. The number of halogens is 1. The first-order valence-corrected chi connectivity index (χ1v) is 7.23. The lowest BCUT2D eigenvalue weighted by Crippen LogP contribution is -2.32. The van der Waals surface area contributed by atoms with Gasteiger partial charge in [-0.15, -0.1) is 0 Å². The summed E-state index contributed by atoms with van der Waals surface area (Å²) < 4.78 is 1.04. The van der Waals surface area contributed by atoms with Gasteiger partial charge in [0.2, 0.25) is 0 Å². The number of rotatable bonds is 7. The summed E-state index contributed by atoms with van der Waals surface area (Å²) in [6.07, 6.45) is 1.17. The van der Waals surface area contributed by atoms with Crippen LogP contribution in [0.3, 0.4) is 0 Å². The maximum absolute atomic E-state index is 5.92. The Bertz CT molecular complexity index is 366. The van der Waals surface area contributed by atoms with E-state index >= 15 is 0 Å². The predicted molar refractivity (Wildman–Crippen MR) is 82.7 cm³/mol. The summed E-state index contributed by atoms with van der Waals surface area (Å²) in [5, 5.41) is 0. The maximum atomic E-state index is 5.92. The fourth-order valence-electron chi connectivity index (χ4n) is 1.89. The molecule has 0 bridgehead atoms. The molecule has 1 aromatic carbocycles. The molecule has 0 aliphatic heterocycles. The Morgan fingerprint density at radius 2 is 1.89 bits per heavy atom. The van der Waals surface area contributed by atoms with Gasteiger partial charge in [-0.25, -0.2) is 0 Å². The molecule has 0 aliphatic rings. The molecule has 0 spiro atoms. The summed E-state index contributed by atoms with van der Waals surface area (Å²) in [6, 6.07) is 6.09. The molecule has 0 radical (unpaired) electrons. The van der Waals surface area contributed by atoms with E-state index in [1.54, 1.807) is 0 Å². The summed E-state index contributed by atoms with van der Waals surface area (Å²) >= 11 is 3.58. The molecule has 2 N–H and O–H groups in total. The molecule has 0 amide bonds. The Labute approximate surface area is 119 Å². The van der Waals surface area contributed by atoms with Crippen molar-refractivity contribution in [3.8, 4) is 0 Å². The first kappa shape index (κ1) is 15.5. The zero-order valence-corrected chi connectivity index (χ0v) is 13.2. The van der Waals surface area contributed by atoms with Gasteiger partial charge in [-0.1, -0.05) is 19.1 Å². The smallest absolute Gasteiger partial charge is 0.0461 e. The van der Waals surface area contributed by atoms with E-state index in [1.807, 2.05) is 12.1 Å². The average molecular weight is 314 g/mol. The summed E-state index contributed by atoms with van der Waals surface area (Å²) in [6.45, 7) is 6.46. The van der Waals surface area contributed by atoms with Crippen molar-refractivity contribution in [2.45, 2.75) is 19.9 Å². The van der Waals surface area contributed by atoms with E-state index < -0.39 is 0 Å². The van der Waals surface area contributed by atoms with Crippen molar-refractivity contribution in [2.75, 3.05) is 39.5 Å². The van der Waals surface area contributed by atoms with Gasteiger partial charge in [0, 0.05) is 29.8 Å². The van der Waals surface area contributed by atoms with Gasteiger partial charge in [-0.05, 0) is 54.6 Å². The number of likely N-dealkylation sites (N-methyl/N-ethyl adjacent to an activating group) is 1. The number of nitrogen functional groups attached to an aromatic ring is 1. The van der Waals surface area contributed by atoms with Crippen LogP contribution in [0.4, 0.5) is 5.69 Å². The zero-order valence-electron chi connectivity index (χ0n) is 11.6. The van der Waals surface area contributed by atoms with Crippen molar-refractivity contribution in [1.29, 1.82) is 0 Å². The molecule has 0 saturated heterocycles. The SMILES string of the molecule is CCCN(CCN(C)C)Cc1cccc(N)c1Br. The summed E-state index contributed by atoms with van der Waals surface area (Å²) in [4.78, 5) is 4.69. The number of nitrogens with two attached hydrogens (primary N) is 1. The van der Waals surface area contributed by atoms with Gasteiger partial charge < -0.3 is 10.6 Å². The Morgan fingerprint density at radius 3 is 2.50 bits per heavy atom. The Hall–Kier alpha value is -0.580. The van der Waals surface area contributed by atoms with Crippen molar-refractivity contribution >= 4 is 21.6 Å². The van der Waals surface area contributed by atoms with E-state index in [0.29, 0.717) is 0 Å². The van der Waals surface area contributed by atoms with Gasteiger partial charge in [-0.3, -0.25) is 4.90 Å². The molecule has 0 atom stereocenters. The summed E-state index contributed by atoms with van der Waals surface area (Å²) in [5.41, 5.74) is 8.00. The second-order valence-corrected chi connectivity index (χ2v) is 5.69. The standard InChI is InChI=1S/C14H24BrN3/c1-4-8-18(10-9-17(2)3)11-12-6-5-7-13(16)14(12)15/h5-7H,4,8-11,16H2,1-3H3. The highest BCUT2D eigenvalue weighted by molar-refractivity contribution is 9.10. The molecule has 1 aromatic rings. The van der Waals surface area contributed by atoms with Crippen LogP contribution >= 0.6 is 15.9 Å². The third kappa shape index (κ3) is 4.96. The van der Waals surface area contributed by atoms with Crippen molar-refractivity contribution in [3.05, 3.63) is 28.2 Å². The summed E-state index contributed by atoms with van der Waals surface area (Å²) in [5.74, 6) is 0. The van der Waals surface area contributed by atoms with Crippen LogP contribution in [-0.2, 0) is 6.54 Å². The van der Waals surface area contributed by atoms with Crippen LogP contribution < -0.4 is 5.73 Å². The van der Waals surface area contributed by atoms with Crippen LogP contribution in [-0.4, -0.2) is 43.5 Å². The van der Waals surface area contributed by atoms with Crippen molar-refractivity contribution in [1.82, 2.24) is 9.80 Å². The van der Waals surface area contributed by atoms with Crippen LogP contribution in [0.15, 0.2) is 22.7 Å². The van der Waals surface area contributed by atoms with E-state index in [1.165, 1.54) is 12.0 Å². The molecule has 0 heterocycles. The van der Waals surface area contributed by atoms with Crippen LogP contribution in [0.25, 0.3) is 0 Å². The number of benzene rings is 1. The highest BCUT2D eigenvalue weighted by atomic mass is 79.9. The van der Waals surface area contributed by atoms with Gasteiger partial charge in [0.25, 0.3) is 0 Å². The van der Waals surface area contributed by atoms with Gasteiger partial charge in [-0.2, -0.15) is 0 Å². The summed E-state index contributed by atoms with van der Waals surface area (Å²) in [7, 11) is 4.22. The molecule has 0 aliphatic carbocycles. The van der Waals surface area contributed by atoms with E-state index in [4.69, 9.17) is 5.73 Å². The average Bonchev–Trinajstić information content (AvgIpc) is 2.32. The van der Waals surface area contributed by atoms with Crippen molar-refractivity contribution in [2.24, 2.45) is 0 Å². The van der Waals surface area contributed by atoms with Crippen LogP contribution in [0.5, 0.6) is 0 Å². The first-order chi connectivity index (χ1) is 8.54. The fraction of sp³-hybridized carbons (Fsp3) is 0.571. The Morgan fingerprint density at radius 1 is 1.17 bits per heavy atom. The quantitative estimate of drug-likeness (QED) is 0.786. The van der Waals surface area contributed by atoms with E-state index in [-0.39, 0.29) is 0 Å². The lowest BCUT2D eigenvalue weighted by molar-refractivity contribution is 0.234. The highest BCUT2D eigenvalue weighted by Crippen LogP contribution is 2.24. The molecule has 0 unspecified atom stereocenters. The second-order valence-electron chi connectivity index (χ2n) is 4.90. The van der Waals surface area contributed by atoms with Gasteiger partial charge in [0.05, 0.1) is 0 Å². The van der Waals surface area contributed by atoms with Gasteiger partial charge >= 0.3 is 0 Å². The van der Waals surface area contributed by atoms with Crippen LogP contribution in [0.1, 0.15) is 18.9 Å². The number of hydrogen-bond donors (Lipinski definition) is 1. The van der Waals surface area contributed by atoms with Crippen LogP contribution in [0.2, 0.25) is 0 Å². The third-order valence-corrected chi connectivity index (χ3v) is 3.87. The molecular weight excluding hydrogens is 290 g/mol. The lowest BCUT2D eigenvalue weighted by Gasteiger charge is -2.24.